The maximum Gasteiger partial charge on any atom is 0.0516 e. The van der Waals surface area contributed by atoms with Crippen LogP contribution in [0.15, 0.2) is 16.8 Å². The van der Waals surface area contributed by atoms with Crippen LogP contribution < -0.4 is 5.43 Å². The topological polar surface area (TPSA) is 24.4 Å². The number of allylic oxidation sites excluding steroid dienone is 1. The minimum atomic E-state index is 0.877. The summed E-state index contributed by atoms with van der Waals surface area (Å²) in [4.78, 5) is 0. The Bertz CT molecular complexity index is 113. The molecule has 0 saturated carbocycles. The van der Waals surface area contributed by atoms with Gasteiger partial charge in [0.25, 0.3) is 0 Å². The van der Waals surface area contributed by atoms with Crippen LogP contribution in [-0.2, 0) is 0 Å². The molecule has 0 atom stereocenters. The second kappa shape index (κ2) is 1.78. The fourth-order valence-corrected chi connectivity index (χ4v) is 0.460. The zero-order valence-corrected chi connectivity index (χ0v) is 4.31. The van der Waals surface area contributed by atoms with Crippen LogP contribution in [0.1, 0.15) is 6.92 Å². The Morgan fingerprint density at radius 2 is 2.71 bits per heavy atom. The van der Waals surface area contributed by atoms with Crippen LogP contribution in [0.5, 0.6) is 0 Å². The maximum atomic E-state index is 3.81. The van der Waals surface area contributed by atoms with Crippen LogP contribution in [0, 0.1) is 0 Å². The van der Waals surface area contributed by atoms with Crippen LogP contribution in [0.4, 0.5) is 0 Å². The first-order valence-electron chi connectivity index (χ1n) is 2.32. The minimum absolute atomic E-state index is 0.877. The molecular weight excluding hydrogens is 88.1 g/mol. The van der Waals surface area contributed by atoms with Gasteiger partial charge in [0.2, 0.25) is 0 Å². The van der Waals surface area contributed by atoms with E-state index in [0.29, 0.717) is 0 Å². The Kier molecular flexibility index (Phi) is 1.11. The van der Waals surface area contributed by atoms with E-state index in [4.69, 9.17) is 0 Å². The van der Waals surface area contributed by atoms with Gasteiger partial charge in [-0.3, -0.25) is 0 Å². The van der Waals surface area contributed by atoms with Gasteiger partial charge in [-0.25, -0.2) is 0 Å². The Balaban J connectivity index is 2.58. The fourth-order valence-electron chi connectivity index (χ4n) is 0.460. The Labute approximate surface area is 42.9 Å². The molecule has 0 fully saturated rings. The molecule has 0 radical (unpaired) electrons. The highest BCUT2D eigenvalue weighted by Crippen LogP contribution is 1.88. The van der Waals surface area contributed by atoms with Crippen LogP contribution in [0.25, 0.3) is 0 Å². The lowest BCUT2D eigenvalue weighted by atomic mass is 10.3. The first kappa shape index (κ1) is 4.37. The van der Waals surface area contributed by atoms with Gasteiger partial charge in [0, 0.05) is 6.21 Å². The smallest absolute Gasteiger partial charge is 0.0516 e. The lowest BCUT2D eigenvalue weighted by Crippen LogP contribution is -2.09. The van der Waals surface area contributed by atoms with Crippen LogP contribution in [0.2, 0.25) is 0 Å². The molecule has 38 valence electrons. The number of hydrogen-bond acceptors (Lipinski definition) is 2. The van der Waals surface area contributed by atoms with E-state index in [1.807, 2.05) is 13.1 Å². The largest absolute Gasteiger partial charge is 0.306 e. The number of hydrogen-bond donors (Lipinski definition) is 1. The molecule has 0 spiro atoms. The molecule has 0 unspecified atom stereocenters. The van der Waals surface area contributed by atoms with Crippen molar-refractivity contribution in [3.63, 3.8) is 0 Å². The van der Waals surface area contributed by atoms with Gasteiger partial charge in [-0.2, -0.15) is 5.10 Å². The van der Waals surface area contributed by atoms with Crippen molar-refractivity contribution in [1.29, 1.82) is 0 Å². The summed E-state index contributed by atoms with van der Waals surface area (Å²) in [7, 11) is 0. The molecule has 1 aliphatic heterocycles. The van der Waals surface area contributed by atoms with Gasteiger partial charge < -0.3 is 5.43 Å². The maximum absolute atomic E-state index is 3.81. The van der Waals surface area contributed by atoms with Gasteiger partial charge in [0.15, 0.2) is 0 Å². The molecule has 0 amide bonds. The highest BCUT2D eigenvalue weighted by Gasteiger charge is 1.85. The zero-order chi connectivity index (χ0) is 5.11. The highest BCUT2D eigenvalue weighted by atomic mass is 15.3. The van der Waals surface area contributed by atoms with Crippen molar-refractivity contribution in [2.75, 3.05) is 6.54 Å². The fraction of sp³-hybridized carbons (Fsp3) is 0.400. The Hall–Kier alpha value is -0.790. The van der Waals surface area contributed by atoms with Crippen molar-refractivity contribution >= 4 is 6.21 Å². The van der Waals surface area contributed by atoms with Gasteiger partial charge in [-0.15, -0.1) is 0 Å². The zero-order valence-electron chi connectivity index (χ0n) is 4.31. The van der Waals surface area contributed by atoms with E-state index in [2.05, 4.69) is 16.6 Å². The quantitative estimate of drug-likeness (QED) is 0.467. The number of rotatable bonds is 0. The molecule has 0 bridgehead atoms. The normalized spacial score (nSPS) is 18.1. The average molecular weight is 96.1 g/mol. The molecular formula is C5H8N2. The lowest BCUT2D eigenvalue weighted by molar-refractivity contribution is 0.817. The first-order chi connectivity index (χ1) is 3.39. The predicted octanol–water partition coefficient (Wildman–Crippen LogP) is 0.522. The predicted molar refractivity (Wildman–Crippen MR) is 30.3 cm³/mol. The van der Waals surface area contributed by atoms with E-state index in [1.54, 1.807) is 0 Å². The molecule has 0 aliphatic carbocycles. The number of nitrogens with one attached hydrogen (secondary N) is 1. The molecule has 0 aromatic rings. The van der Waals surface area contributed by atoms with Crippen molar-refractivity contribution in [2.45, 2.75) is 6.92 Å². The summed E-state index contributed by atoms with van der Waals surface area (Å²) >= 11 is 0. The molecule has 2 heteroatoms. The molecule has 1 rings (SSSR count). The summed E-state index contributed by atoms with van der Waals surface area (Å²) in [6, 6.07) is 0. The van der Waals surface area contributed by atoms with Crippen molar-refractivity contribution in [3.8, 4) is 0 Å². The number of nitrogens with zero attached hydrogens (tertiary/aromatic N) is 1. The summed E-state index contributed by atoms with van der Waals surface area (Å²) in [6.07, 6.45) is 3.90. The summed E-state index contributed by atoms with van der Waals surface area (Å²) in [5.74, 6) is 0. The van der Waals surface area contributed by atoms with Crippen molar-refractivity contribution in [2.24, 2.45) is 5.10 Å². The van der Waals surface area contributed by atoms with Gasteiger partial charge in [0.1, 0.15) is 0 Å². The summed E-state index contributed by atoms with van der Waals surface area (Å²) < 4.78 is 0. The Morgan fingerprint density at radius 3 is 3.00 bits per heavy atom. The average Bonchev–Trinajstić information content (AvgIpc) is 1.69. The van der Waals surface area contributed by atoms with Crippen LogP contribution >= 0.6 is 0 Å². The van der Waals surface area contributed by atoms with E-state index in [-0.39, 0.29) is 0 Å². The van der Waals surface area contributed by atoms with Gasteiger partial charge in [0.05, 0.1) is 6.54 Å². The second-order valence-electron chi connectivity index (χ2n) is 1.57. The molecule has 0 saturated heterocycles. The highest BCUT2D eigenvalue weighted by molar-refractivity contribution is 5.78. The van der Waals surface area contributed by atoms with E-state index >= 15 is 0 Å². The Morgan fingerprint density at radius 1 is 1.86 bits per heavy atom. The van der Waals surface area contributed by atoms with E-state index in [1.165, 1.54) is 5.57 Å². The molecule has 1 N–H and O–H groups in total. The third kappa shape index (κ3) is 1.03. The van der Waals surface area contributed by atoms with Gasteiger partial charge in [-0.1, -0.05) is 6.08 Å². The van der Waals surface area contributed by atoms with Gasteiger partial charge in [-0.05, 0) is 12.5 Å². The third-order valence-electron chi connectivity index (χ3n) is 0.875. The number of hydrazone groups is 1. The van der Waals surface area contributed by atoms with Crippen LogP contribution in [-0.4, -0.2) is 12.8 Å². The minimum Gasteiger partial charge on any atom is -0.306 e. The lowest BCUT2D eigenvalue weighted by Gasteiger charge is -1.99. The molecule has 2 nitrogen and oxygen atoms in total. The molecule has 1 heterocycles. The monoisotopic (exact) mass is 96.1 g/mol. The van der Waals surface area contributed by atoms with Crippen LogP contribution in [0.3, 0.4) is 0 Å². The molecule has 1 aliphatic rings. The van der Waals surface area contributed by atoms with E-state index < -0.39 is 0 Å². The molecule has 7 heavy (non-hydrogen) atoms. The van der Waals surface area contributed by atoms with E-state index in [9.17, 15) is 0 Å². The van der Waals surface area contributed by atoms with Gasteiger partial charge >= 0.3 is 0 Å². The summed E-state index contributed by atoms with van der Waals surface area (Å²) in [5, 5.41) is 3.81. The summed E-state index contributed by atoms with van der Waals surface area (Å²) in [6.45, 7) is 2.91. The van der Waals surface area contributed by atoms with Crippen molar-refractivity contribution in [3.05, 3.63) is 11.6 Å². The van der Waals surface area contributed by atoms with Crippen molar-refractivity contribution < 1.29 is 0 Å². The standard InChI is InChI=1S/C5H8N2/c1-5-2-3-6-7-4-5/h2,4,6H,3H2,1H3. The molecule has 0 aromatic carbocycles. The second-order valence-corrected chi connectivity index (χ2v) is 1.57. The third-order valence-corrected chi connectivity index (χ3v) is 0.875. The first-order valence-corrected chi connectivity index (χ1v) is 2.32. The van der Waals surface area contributed by atoms with E-state index in [0.717, 1.165) is 6.54 Å². The van der Waals surface area contributed by atoms with Crippen molar-refractivity contribution in [1.82, 2.24) is 5.43 Å². The summed E-state index contributed by atoms with van der Waals surface area (Å²) in [5.41, 5.74) is 4.04. The SMILES string of the molecule is CC1=CCNN=C1. The molecule has 0 aromatic heterocycles.